The van der Waals surface area contributed by atoms with Crippen molar-refractivity contribution >= 4 is 17.7 Å². The first-order valence-corrected chi connectivity index (χ1v) is 14.6. The third-order valence-electron chi connectivity index (χ3n) is 6.73. The van der Waals surface area contributed by atoms with Crippen LogP contribution in [0.1, 0.15) is 38.3 Å². The van der Waals surface area contributed by atoms with Crippen LogP contribution in [0.4, 0.5) is 10.5 Å². The number of ether oxygens (including phenoxy) is 5. The number of piperazine rings is 1. The Morgan fingerprint density at radius 1 is 0.884 bits per heavy atom. The summed E-state index contributed by atoms with van der Waals surface area (Å²) in [6.45, 7) is 7.83. The smallest absolute Gasteiger partial charge is 0.410 e. The first-order chi connectivity index (χ1) is 20.7. The number of carbonyl (C=O) groups excluding carboxylic acids is 2. The second-order valence-electron chi connectivity index (χ2n) is 11.3. The van der Waals surface area contributed by atoms with E-state index >= 15 is 0 Å². The van der Waals surface area contributed by atoms with Gasteiger partial charge >= 0.3 is 6.09 Å². The van der Waals surface area contributed by atoms with Gasteiger partial charge in [-0.3, -0.25) is 9.69 Å². The van der Waals surface area contributed by atoms with Gasteiger partial charge in [-0.2, -0.15) is 0 Å². The van der Waals surface area contributed by atoms with E-state index in [4.69, 9.17) is 23.7 Å². The zero-order valence-corrected chi connectivity index (χ0v) is 25.5. The Morgan fingerprint density at radius 2 is 1.60 bits per heavy atom. The molecule has 0 unspecified atom stereocenters. The van der Waals surface area contributed by atoms with Crippen molar-refractivity contribution in [3.63, 3.8) is 0 Å². The van der Waals surface area contributed by atoms with E-state index in [9.17, 15) is 9.59 Å². The molecule has 0 spiro atoms. The van der Waals surface area contributed by atoms with Crippen LogP contribution in [0.5, 0.6) is 11.5 Å². The molecule has 1 aliphatic heterocycles. The zero-order chi connectivity index (χ0) is 30.7. The van der Waals surface area contributed by atoms with Crippen molar-refractivity contribution in [1.82, 2.24) is 4.90 Å². The normalized spacial score (nSPS) is 15.3. The molecule has 0 radical (unpaired) electrons. The van der Waals surface area contributed by atoms with Crippen molar-refractivity contribution in [1.29, 1.82) is 0 Å². The molecule has 3 aromatic carbocycles. The van der Waals surface area contributed by atoms with Gasteiger partial charge in [0.1, 0.15) is 23.6 Å². The molecule has 1 saturated heterocycles. The number of anilines is 1. The minimum Gasteiger partial charge on any atom is -0.496 e. The number of carbonyl (C=O) groups is 2. The molecule has 1 fully saturated rings. The lowest BCUT2D eigenvalue weighted by Gasteiger charge is -2.41. The third-order valence-corrected chi connectivity index (χ3v) is 6.73. The van der Waals surface area contributed by atoms with Crippen LogP contribution in [0.3, 0.4) is 0 Å². The minimum atomic E-state index is -0.659. The maximum Gasteiger partial charge on any atom is 0.410 e. The van der Waals surface area contributed by atoms with Gasteiger partial charge in [-0.25, -0.2) is 4.79 Å². The molecular weight excluding hydrogens is 548 g/mol. The van der Waals surface area contributed by atoms with E-state index in [1.54, 1.807) is 12.0 Å². The number of amides is 2. The van der Waals surface area contributed by atoms with Gasteiger partial charge in [0.2, 0.25) is 5.91 Å². The average molecular weight is 591 g/mol. The first-order valence-electron chi connectivity index (χ1n) is 14.6. The second-order valence-corrected chi connectivity index (χ2v) is 11.3. The fourth-order valence-electron chi connectivity index (χ4n) is 4.74. The molecule has 9 heteroatoms. The van der Waals surface area contributed by atoms with Crippen LogP contribution in [-0.4, -0.2) is 68.6 Å². The highest BCUT2D eigenvalue weighted by Gasteiger charge is 2.37. The Balaban J connectivity index is 1.32. The summed E-state index contributed by atoms with van der Waals surface area (Å²) in [7, 11) is 1.65. The van der Waals surface area contributed by atoms with Gasteiger partial charge < -0.3 is 28.6 Å². The Hall–Kier alpha value is -4.08. The number of benzene rings is 3. The molecule has 1 aliphatic rings. The van der Waals surface area contributed by atoms with Crippen LogP contribution in [-0.2, 0) is 32.2 Å². The van der Waals surface area contributed by atoms with Crippen LogP contribution in [0.25, 0.3) is 0 Å². The van der Waals surface area contributed by atoms with Gasteiger partial charge in [-0.05, 0) is 56.7 Å². The average Bonchev–Trinajstić information content (AvgIpc) is 2.99. The van der Waals surface area contributed by atoms with Crippen LogP contribution >= 0.6 is 0 Å². The number of hydrogen-bond acceptors (Lipinski definition) is 7. The maximum absolute atomic E-state index is 13.4. The van der Waals surface area contributed by atoms with E-state index in [2.05, 4.69) is 0 Å². The maximum atomic E-state index is 13.4. The predicted molar refractivity (Wildman–Crippen MR) is 164 cm³/mol. The Kier molecular flexibility index (Phi) is 11.4. The molecule has 9 nitrogen and oxygen atoms in total. The van der Waals surface area contributed by atoms with Gasteiger partial charge in [-0.15, -0.1) is 0 Å². The molecule has 0 aromatic heterocycles. The molecule has 1 heterocycles. The van der Waals surface area contributed by atoms with Crippen molar-refractivity contribution in [2.45, 2.75) is 52.0 Å². The standard InChI is InChI=1S/C34H42N2O7/c1-34(2,3)43-33(38)35-21-29(25-41-23-26-11-6-5-7-12-26)36(32(37)22-35)28-15-17-30(18-16-28)42-20-10-19-40-24-27-13-8-9-14-31(27)39-4/h5-9,11-18,29H,10,19-25H2,1-4H3/t29-/m1/s1. The molecule has 43 heavy (non-hydrogen) atoms. The lowest BCUT2D eigenvalue weighted by atomic mass is 10.1. The first kappa shape index (κ1) is 31.8. The largest absolute Gasteiger partial charge is 0.496 e. The molecule has 230 valence electrons. The van der Waals surface area contributed by atoms with Gasteiger partial charge in [0.25, 0.3) is 0 Å². The van der Waals surface area contributed by atoms with Crippen LogP contribution in [0.2, 0.25) is 0 Å². The van der Waals surface area contributed by atoms with Crippen LogP contribution in [0, 0.1) is 0 Å². The number of para-hydroxylation sites is 1. The molecule has 0 bridgehead atoms. The summed E-state index contributed by atoms with van der Waals surface area (Å²) in [5.41, 5.74) is 2.10. The van der Waals surface area contributed by atoms with Crippen molar-refractivity contribution in [3.05, 3.63) is 90.0 Å². The molecular formula is C34H42N2O7. The summed E-state index contributed by atoms with van der Waals surface area (Å²) >= 11 is 0. The fourth-order valence-corrected chi connectivity index (χ4v) is 4.74. The molecule has 0 N–H and O–H groups in total. The second kappa shape index (κ2) is 15.4. The van der Waals surface area contributed by atoms with E-state index < -0.39 is 11.7 Å². The predicted octanol–water partition coefficient (Wildman–Crippen LogP) is 5.85. The van der Waals surface area contributed by atoms with Gasteiger partial charge in [0, 0.05) is 24.2 Å². The highest BCUT2D eigenvalue weighted by molar-refractivity contribution is 5.98. The van der Waals surface area contributed by atoms with Gasteiger partial charge in [0.15, 0.2) is 0 Å². The third kappa shape index (κ3) is 9.73. The fraction of sp³-hybridized carbons (Fsp3) is 0.412. The molecule has 0 aliphatic carbocycles. The van der Waals surface area contributed by atoms with Crippen molar-refractivity contribution < 1.29 is 33.3 Å². The molecule has 3 aromatic rings. The van der Waals surface area contributed by atoms with Gasteiger partial charge in [0.05, 0.1) is 46.2 Å². The summed E-state index contributed by atoms with van der Waals surface area (Å²) in [6.07, 6.45) is 0.215. The van der Waals surface area contributed by atoms with E-state index in [-0.39, 0.29) is 25.1 Å². The van der Waals surface area contributed by atoms with Gasteiger partial charge in [-0.1, -0.05) is 48.5 Å². The van der Waals surface area contributed by atoms with E-state index in [1.807, 2.05) is 99.6 Å². The zero-order valence-electron chi connectivity index (χ0n) is 25.5. The molecule has 4 rings (SSSR count). The van der Waals surface area contributed by atoms with Crippen molar-refractivity contribution in [2.24, 2.45) is 0 Å². The molecule has 0 saturated carbocycles. The Labute approximate surface area is 254 Å². The SMILES string of the molecule is COc1ccccc1COCCCOc1ccc(N2C(=O)CN(C(=O)OC(C)(C)C)C[C@@H]2COCc2ccccc2)cc1. The lowest BCUT2D eigenvalue weighted by Crippen LogP contribution is -2.60. The van der Waals surface area contributed by atoms with Crippen molar-refractivity contribution in [2.75, 3.05) is 44.9 Å². The number of nitrogens with zero attached hydrogens (tertiary/aromatic N) is 2. The van der Waals surface area contributed by atoms with E-state index in [1.165, 1.54) is 4.90 Å². The number of rotatable bonds is 13. The highest BCUT2D eigenvalue weighted by atomic mass is 16.6. The summed E-state index contributed by atoms with van der Waals surface area (Å²) < 4.78 is 28.6. The molecule has 1 atom stereocenters. The number of hydrogen-bond donors (Lipinski definition) is 0. The van der Waals surface area contributed by atoms with E-state index in [0.717, 1.165) is 29.0 Å². The minimum absolute atomic E-state index is 0.0722. The molecule has 2 amide bonds. The topological polar surface area (TPSA) is 86.8 Å². The highest BCUT2D eigenvalue weighted by Crippen LogP contribution is 2.26. The quantitative estimate of drug-likeness (QED) is 0.231. The van der Waals surface area contributed by atoms with Crippen LogP contribution < -0.4 is 14.4 Å². The Bertz CT molecular complexity index is 1310. The summed E-state index contributed by atoms with van der Waals surface area (Å²) in [6, 6.07) is 24.7. The van der Waals surface area contributed by atoms with E-state index in [0.29, 0.717) is 38.7 Å². The summed E-state index contributed by atoms with van der Waals surface area (Å²) in [5, 5.41) is 0. The monoisotopic (exact) mass is 590 g/mol. The Morgan fingerprint density at radius 3 is 2.33 bits per heavy atom. The number of methoxy groups -OCH3 is 1. The summed E-state index contributed by atoms with van der Waals surface area (Å²) in [5.74, 6) is 1.31. The van der Waals surface area contributed by atoms with Crippen LogP contribution in [0.15, 0.2) is 78.9 Å². The summed E-state index contributed by atoms with van der Waals surface area (Å²) in [4.78, 5) is 29.4. The lowest BCUT2D eigenvalue weighted by molar-refractivity contribution is -0.123. The van der Waals surface area contributed by atoms with Crippen molar-refractivity contribution in [3.8, 4) is 11.5 Å².